The minimum absolute atomic E-state index is 0.0134. The SMILES string of the molecule is Cc1ccc(NC(=O)CSc2ccccc2C(=O)NC2C3CC4CC(C3)CC2C4)cc1. The number of carbonyl (C=O) groups is 2. The van der Waals surface area contributed by atoms with Crippen molar-refractivity contribution in [3.63, 3.8) is 0 Å². The maximum absolute atomic E-state index is 13.2. The van der Waals surface area contributed by atoms with Gasteiger partial charge in [-0.05, 0) is 87.0 Å². The van der Waals surface area contributed by atoms with E-state index in [-0.39, 0.29) is 17.6 Å². The molecule has 2 aromatic carbocycles. The van der Waals surface area contributed by atoms with Gasteiger partial charge in [-0.3, -0.25) is 9.59 Å². The molecule has 0 heterocycles. The molecule has 0 spiro atoms. The minimum atomic E-state index is -0.0647. The Morgan fingerprint density at radius 2 is 1.55 bits per heavy atom. The number of nitrogens with one attached hydrogen (secondary N) is 2. The summed E-state index contributed by atoms with van der Waals surface area (Å²) in [6, 6.07) is 15.7. The summed E-state index contributed by atoms with van der Waals surface area (Å²) in [7, 11) is 0. The Balaban J connectivity index is 1.21. The molecule has 4 fully saturated rings. The van der Waals surface area contributed by atoms with Gasteiger partial charge in [0.05, 0.1) is 11.3 Å². The highest BCUT2D eigenvalue weighted by molar-refractivity contribution is 8.00. The second-order valence-electron chi connectivity index (χ2n) is 9.63. The molecule has 162 valence electrons. The first-order valence-electron chi connectivity index (χ1n) is 11.4. The van der Waals surface area contributed by atoms with Gasteiger partial charge in [0, 0.05) is 16.6 Å². The standard InChI is InChI=1S/C26H30N2O2S/c1-16-6-8-21(9-7-16)27-24(29)15-31-23-5-3-2-4-22(23)26(30)28-25-19-11-17-10-18(13-19)14-20(25)12-17/h2-9,17-20,25H,10-15H2,1H3,(H,27,29)(H,28,30). The lowest BCUT2D eigenvalue weighted by atomic mass is 9.54. The molecule has 0 unspecified atom stereocenters. The predicted octanol–water partition coefficient (Wildman–Crippen LogP) is 5.28. The number of anilines is 1. The van der Waals surface area contributed by atoms with Gasteiger partial charge in [0.25, 0.3) is 5.91 Å². The Bertz CT molecular complexity index is 944. The zero-order valence-corrected chi connectivity index (χ0v) is 18.8. The van der Waals surface area contributed by atoms with E-state index in [1.165, 1.54) is 43.9 Å². The number of aryl methyl sites for hydroxylation is 1. The van der Waals surface area contributed by atoms with Gasteiger partial charge in [-0.1, -0.05) is 29.8 Å². The molecular weight excluding hydrogens is 404 g/mol. The summed E-state index contributed by atoms with van der Waals surface area (Å²) in [5.74, 6) is 3.32. The Morgan fingerprint density at radius 3 is 2.23 bits per heavy atom. The lowest BCUT2D eigenvalue weighted by Crippen LogP contribution is -2.55. The molecule has 0 aromatic heterocycles. The molecule has 31 heavy (non-hydrogen) atoms. The lowest BCUT2D eigenvalue weighted by Gasteiger charge is -2.54. The molecule has 6 rings (SSSR count). The first-order chi connectivity index (χ1) is 15.0. The highest BCUT2D eigenvalue weighted by Crippen LogP contribution is 2.53. The summed E-state index contributed by atoms with van der Waals surface area (Å²) in [5, 5.41) is 6.33. The van der Waals surface area contributed by atoms with Crippen LogP contribution in [-0.4, -0.2) is 23.6 Å². The van der Waals surface area contributed by atoms with Gasteiger partial charge < -0.3 is 10.6 Å². The summed E-state index contributed by atoms with van der Waals surface area (Å²) in [5.41, 5.74) is 2.64. The van der Waals surface area contributed by atoms with E-state index in [0.717, 1.165) is 28.0 Å². The third kappa shape index (κ3) is 4.52. The van der Waals surface area contributed by atoms with E-state index in [1.54, 1.807) is 0 Å². The maximum atomic E-state index is 13.2. The van der Waals surface area contributed by atoms with E-state index in [4.69, 9.17) is 0 Å². The van der Waals surface area contributed by atoms with Crippen LogP contribution in [0.1, 0.15) is 48.0 Å². The van der Waals surface area contributed by atoms with Crippen molar-refractivity contribution in [1.82, 2.24) is 5.32 Å². The Morgan fingerprint density at radius 1 is 0.903 bits per heavy atom. The molecule has 4 nitrogen and oxygen atoms in total. The highest BCUT2D eigenvalue weighted by Gasteiger charge is 2.48. The van der Waals surface area contributed by atoms with Crippen molar-refractivity contribution in [2.45, 2.75) is 50.0 Å². The van der Waals surface area contributed by atoms with Crippen molar-refractivity contribution in [2.75, 3.05) is 11.1 Å². The van der Waals surface area contributed by atoms with Crippen LogP contribution in [0.4, 0.5) is 5.69 Å². The fourth-order valence-corrected chi connectivity index (χ4v) is 7.00. The van der Waals surface area contributed by atoms with Gasteiger partial charge in [0.15, 0.2) is 0 Å². The first kappa shape index (κ1) is 20.6. The third-order valence-electron chi connectivity index (χ3n) is 7.35. The Kier molecular flexibility index (Phi) is 5.79. The number of hydrogen-bond acceptors (Lipinski definition) is 3. The second kappa shape index (κ2) is 8.70. The molecule has 4 saturated carbocycles. The highest BCUT2D eigenvalue weighted by atomic mass is 32.2. The first-order valence-corrected chi connectivity index (χ1v) is 12.4. The lowest BCUT2D eigenvalue weighted by molar-refractivity contribution is -0.113. The molecule has 0 radical (unpaired) electrons. The van der Waals surface area contributed by atoms with E-state index >= 15 is 0 Å². The van der Waals surface area contributed by atoms with Crippen LogP contribution >= 0.6 is 11.8 Å². The number of thioether (sulfide) groups is 1. The van der Waals surface area contributed by atoms with Gasteiger partial charge in [0.1, 0.15) is 0 Å². The smallest absolute Gasteiger partial charge is 0.252 e. The van der Waals surface area contributed by atoms with Crippen LogP contribution in [0.2, 0.25) is 0 Å². The molecular formula is C26H30N2O2S. The van der Waals surface area contributed by atoms with Crippen LogP contribution < -0.4 is 10.6 Å². The third-order valence-corrected chi connectivity index (χ3v) is 8.42. The fraction of sp³-hybridized carbons (Fsp3) is 0.462. The number of rotatable bonds is 6. The zero-order valence-electron chi connectivity index (χ0n) is 18.0. The summed E-state index contributed by atoms with van der Waals surface area (Å²) < 4.78 is 0. The summed E-state index contributed by atoms with van der Waals surface area (Å²) >= 11 is 1.42. The number of benzene rings is 2. The monoisotopic (exact) mass is 434 g/mol. The van der Waals surface area contributed by atoms with Crippen LogP contribution in [0.5, 0.6) is 0 Å². The van der Waals surface area contributed by atoms with Crippen LogP contribution in [-0.2, 0) is 4.79 Å². The molecule has 4 bridgehead atoms. The van der Waals surface area contributed by atoms with E-state index < -0.39 is 0 Å². The normalized spacial score (nSPS) is 28.4. The molecule has 2 N–H and O–H groups in total. The van der Waals surface area contributed by atoms with E-state index in [0.29, 0.717) is 23.4 Å². The van der Waals surface area contributed by atoms with Crippen molar-refractivity contribution in [2.24, 2.45) is 23.7 Å². The van der Waals surface area contributed by atoms with Crippen LogP contribution in [0.15, 0.2) is 53.4 Å². The average molecular weight is 435 g/mol. The fourth-order valence-electron chi connectivity index (χ4n) is 6.15. The van der Waals surface area contributed by atoms with Gasteiger partial charge in [-0.25, -0.2) is 0 Å². The van der Waals surface area contributed by atoms with Gasteiger partial charge in [-0.2, -0.15) is 0 Å². The van der Waals surface area contributed by atoms with Crippen LogP contribution in [0.3, 0.4) is 0 Å². The number of carbonyl (C=O) groups excluding carboxylic acids is 2. The molecule has 5 heteroatoms. The van der Waals surface area contributed by atoms with Crippen molar-refractivity contribution < 1.29 is 9.59 Å². The predicted molar refractivity (Wildman–Crippen MR) is 125 cm³/mol. The number of amides is 2. The molecule has 0 atom stereocenters. The Labute approximate surface area is 188 Å². The van der Waals surface area contributed by atoms with Crippen molar-refractivity contribution in [3.05, 3.63) is 59.7 Å². The van der Waals surface area contributed by atoms with Crippen LogP contribution in [0, 0.1) is 30.6 Å². The Hall–Kier alpha value is -2.27. The topological polar surface area (TPSA) is 58.2 Å². The molecule has 0 aliphatic heterocycles. The zero-order chi connectivity index (χ0) is 21.4. The van der Waals surface area contributed by atoms with Gasteiger partial charge >= 0.3 is 0 Å². The van der Waals surface area contributed by atoms with Gasteiger partial charge in [0.2, 0.25) is 5.91 Å². The molecule has 2 aromatic rings. The van der Waals surface area contributed by atoms with E-state index in [9.17, 15) is 9.59 Å². The van der Waals surface area contributed by atoms with Gasteiger partial charge in [-0.15, -0.1) is 11.8 Å². The largest absolute Gasteiger partial charge is 0.349 e. The quantitative estimate of drug-likeness (QED) is 0.608. The van der Waals surface area contributed by atoms with Crippen LogP contribution in [0.25, 0.3) is 0 Å². The second-order valence-corrected chi connectivity index (χ2v) is 10.6. The number of hydrogen-bond donors (Lipinski definition) is 2. The van der Waals surface area contributed by atoms with E-state index in [1.807, 2.05) is 55.5 Å². The van der Waals surface area contributed by atoms with Crippen molar-refractivity contribution >= 4 is 29.3 Å². The van der Waals surface area contributed by atoms with E-state index in [2.05, 4.69) is 10.6 Å². The molecule has 4 aliphatic rings. The van der Waals surface area contributed by atoms with Crippen molar-refractivity contribution in [3.8, 4) is 0 Å². The molecule has 0 saturated heterocycles. The summed E-state index contributed by atoms with van der Waals surface area (Å²) in [4.78, 5) is 26.5. The molecule has 4 aliphatic carbocycles. The molecule has 2 amide bonds. The summed E-state index contributed by atoms with van der Waals surface area (Å²) in [6.07, 6.45) is 6.56. The summed E-state index contributed by atoms with van der Waals surface area (Å²) in [6.45, 7) is 2.02. The minimum Gasteiger partial charge on any atom is -0.349 e. The average Bonchev–Trinajstić information content (AvgIpc) is 2.76. The maximum Gasteiger partial charge on any atom is 0.252 e. The van der Waals surface area contributed by atoms with Crippen molar-refractivity contribution in [1.29, 1.82) is 0 Å².